The highest BCUT2D eigenvalue weighted by atomic mass is 32.2. The summed E-state index contributed by atoms with van der Waals surface area (Å²) in [7, 11) is -8.16. The van der Waals surface area contributed by atoms with Crippen molar-refractivity contribution < 1.29 is 45.5 Å². The Bertz CT molecular complexity index is 2230. The summed E-state index contributed by atoms with van der Waals surface area (Å²) >= 11 is 0. The second-order valence-electron chi connectivity index (χ2n) is 11.9. The van der Waals surface area contributed by atoms with Crippen molar-refractivity contribution >= 4 is 55.4 Å². The smallest absolute Gasteiger partial charge is 0.338 e. The fourth-order valence-electron chi connectivity index (χ4n) is 4.82. The first-order valence-corrected chi connectivity index (χ1v) is 19.1. The Balaban J connectivity index is 1.04. The summed E-state index contributed by atoms with van der Waals surface area (Å²) < 4.78 is 64.5. The number of urea groups is 2. The number of carbonyl (C=O) groups excluding carboxylic acids is 4. The molecule has 0 aliphatic rings. The summed E-state index contributed by atoms with van der Waals surface area (Å²) in [5, 5.41) is 4.83. The van der Waals surface area contributed by atoms with Crippen LogP contribution in [0.25, 0.3) is 0 Å². The number of aryl methyl sites for hydroxylation is 2. The van der Waals surface area contributed by atoms with E-state index in [1.165, 1.54) is 72.8 Å². The van der Waals surface area contributed by atoms with Crippen LogP contribution in [0.1, 0.15) is 43.0 Å². The van der Waals surface area contributed by atoms with Crippen LogP contribution in [-0.2, 0) is 42.7 Å². The summed E-state index contributed by atoms with van der Waals surface area (Å²) in [5.74, 6) is -1.25. The molecule has 0 atom stereocenters. The number of hydrogen-bond donors (Lipinski definition) is 4. The first-order chi connectivity index (χ1) is 25.7. The van der Waals surface area contributed by atoms with Crippen molar-refractivity contribution in [2.24, 2.45) is 0 Å². The fraction of sp³-hybridized carbons (Fsp3) is 0.105. The van der Waals surface area contributed by atoms with E-state index in [4.69, 9.17) is 9.47 Å². The molecule has 0 radical (unpaired) electrons. The predicted octanol–water partition coefficient (Wildman–Crippen LogP) is 6.04. The van der Waals surface area contributed by atoms with Gasteiger partial charge in [-0.05, 0) is 109 Å². The van der Waals surface area contributed by atoms with E-state index in [9.17, 15) is 36.0 Å². The van der Waals surface area contributed by atoms with E-state index in [0.717, 1.165) is 11.1 Å². The van der Waals surface area contributed by atoms with Gasteiger partial charge >= 0.3 is 24.0 Å². The van der Waals surface area contributed by atoms with E-state index in [1.54, 1.807) is 62.4 Å². The second kappa shape index (κ2) is 16.9. The number of nitrogens with one attached hydrogen (secondary N) is 4. The van der Waals surface area contributed by atoms with Gasteiger partial charge in [-0.3, -0.25) is 0 Å². The number of esters is 2. The van der Waals surface area contributed by atoms with Crippen molar-refractivity contribution in [3.63, 3.8) is 0 Å². The molecule has 4 amide bonds. The highest BCUT2D eigenvalue weighted by Crippen LogP contribution is 2.17. The lowest BCUT2D eigenvalue weighted by Crippen LogP contribution is -2.34. The van der Waals surface area contributed by atoms with Gasteiger partial charge in [0.05, 0.1) is 20.9 Å². The Labute approximate surface area is 311 Å². The molecule has 14 nitrogen and oxygen atoms in total. The molecule has 278 valence electrons. The Morgan fingerprint density at radius 3 is 1.19 bits per heavy atom. The highest BCUT2D eigenvalue weighted by molar-refractivity contribution is 7.90. The van der Waals surface area contributed by atoms with Crippen molar-refractivity contribution in [2.45, 2.75) is 36.9 Å². The zero-order valence-electron chi connectivity index (χ0n) is 28.9. The molecule has 0 fully saturated rings. The van der Waals surface area contributed by atoms with Gasteiger partial charge in [-0.1, -0.05) is 48.5 Å². The molecule has 4 N–H and O–H groups in total. The van der Waals surface area contributed by atoms with Gasteiger partial charge in [0, 0.05) is 11.4 Å². The van der Waals surface area contributed by atoms with Crippen LogP contribution >= 0.6 is 0 Å². The van der Waals surface area contributed by atoms with Gasteiger partial charge in [0.2, 0.25) is 0 Å². The minimum absolute atomic E-state index is 0.0472. The van der Waals surface area contributed by atoms with Crippen molar-refractivity contribution in [2.75, 3.05) is 10.6 Å². The molecular formula is C38H34N4O10S2. The van der Waals surface area contributed by atoms with E-state index in [1.807, 2.05) is 9.44 Å². The molecule has 0 saturated carbocycles. The van der Waals surface area contributed by atoms with Gasteiger partial charge in [-0.15, -0.1) is 0 Å². The molecular weight excluding hydrogens is 737 g/mol. The standard InChI is InChI=1S/C38H34N4O10S2/c1-25-5-3-7-33(21-25)53(47,48)41-37(45)39-31-17-13-29(14-18-31)35(43)51-23-27-9-11-28(12-10-27)24-52-36(44)30-15-19-32(20-16-30)40-38(46)42-54(49,50)34-8-4-6-26(2)22-34/h3-22H,23-24H2,1-2H3,(H2,39,41,45)(H2,40,42,46). The molecule has 0 heterocycles. The van der Waals surface area contributed by atoms with Crippen LogP contribution in [0, 0.1) is 13.8 Å². The molecule has 5 aromatic rings. The molecule has 0 unspecified atom stereocenters. The van der Waals surface area contributed by atoms with Gasteiger partial charge in [0.25, 0.3) is 20.0 Å². The van der Waals surface area contributed by atoms with Crippen LogP contribution in [0.2, 0.25) is 0 Å². The number of benzene rings is 5. The third kappa shape index (κ3) is 10.8. The quantitative estimate of drug-likeness (QED) is 0.108. The van der Waals surface area contributed by atoms with Gasteiger partial charge in [0.1, 0.15) is 13.2 Å². The Kier molecular flexibility index (Phi) is 12.1. The van der Waals surface area contributed by atoms with Crippen molar-refractivity contribution in [3.05, 3.63) is 155 Å². The lowest BCUT2D eigenvalue weighted by molar-refractivity contribution is 0.0460. The topological polar surface area (TPSA) is 203 Å². The van der Waals surface area contributed by atoms with E-state index >= 15 is 0 Å². The molecule has 0 bridgehead atoms. The average molecular weight is 771 g/mol. The van der Waals surface area contributed by atoms with E-state index < -0.39 is 44.0 Å². The minimum Gasteiger partial charge on any atom is -0.457 e. The van der Waals surface area contributed by atoms with Crippen LogP contribution in [-0.4, -0.2) is 40.8 Å². The molecule has 0 aliphatic carbocycles. The van der Waals surface area contributed by atoms with Crippen LogP contribution < -0.4 is 20.1 Å². The number of ether oxygens (including phenoxy) is 2. The van der Waals surface area contributed by atoms with Gasteiger partial charge in [0.15, 0.2) is 0 Å². The number of rotatable bonds is 12. The molecule has 16 heteroatoms. The Morgan fingerprint density at radius 2 is 0.852 bits per heavy atom. The van der Waals surface area contributed by atoms with Crippen LogP contribution in [0.5, 0.6) is 0 Å². The lowest BCUT2D eigenvalue weighted by Gasteiger charge is -2.10. The van der Waals surface area contributed by atoms with E-state index in [2.05, 4.69) is 10.6 Å². The maximum atomic E-state index is 12.6. The van der Waals surface area contributed by atoms with Crippen molar-refractivity contribution in [1.82, 2.24) is 9.44 Å². The SMILES string of the molecule is Cc1cccc(S(=O)(=O)NC(=O)Nc2ccc(C(=O)OCc3ccc(COC(=O)c4ccc(NC(=O)NS(=O)(=O)c5cccc(C)c5)cc4)cc3)cc2)c1. The van der Waals surface area contributed by atoms with Crippen molar-refractivity contribution in [3.8, 4) is 0 Å². The van der Waals surface area contributed by atoms with E-state index in [-0.39, 0.29) is 45.5 Å². The fourth-order valence-corrected chi connectivity index (χ4v) is 6.84. The zero-order chi connectivity index (χ0) is 38.9. The molecule has 5 rings (SSSR count). The predicted molar refractivity (Wildman–Crippen MR) is 199 cm³/mol. The molecule has 5 aromatic carbocycles. The molecule has 0 spiro atoms. The summed E-state index contributed by atoms with van der Waals surface area (Å²) in [5.41, 5.74) is 3.69. The maximum Gasteiger partial charge on any atom is 0.338 e. The molecule has 54 heavy (non-hydrogen) atoms. The van der Waals surface area contributed by atoms with Crippen LogP contribution in [0.4, 0.5) is 21.0 Å². The number of anilines is 2. The lowest BCUT2D eigenvalue weighted by atomic mass is 10.1. The Hall–Kier alpha value is -6.52. The normalized spacial score (nSPS) is 11.1. The summed E-state index contributed by atoms with van der Waals surface area (Å²) in [4.78, 5) is 49.7. The highest BCUT2D eigenvalue weighted by Gasteiger charge is 2.19. The minimum atomic E-state index is -4.08. The van der Waals surface area contributed by atoms with Crippen LogP contribution in [0.15, 0.2) is 131 Å². The monoisotopic (exact) mass is 770 g/mol. The largest absolute Gasteiger partial charge is 0.457 e. The summed E-state index contributed by atoms with van der Waals surface area (Å²) in [6.45, 7) is 3.37. The van der Waals surface area contributed by atoms with Crippen molar-refractivity contribution in [1.29, 1.82) is 0 Å². The Morgan fingerprint density at radius 1 is 0.500 bits per heavy atom. The van der Waals surface area contributed by atoms with E-state index in [0.29, 0.717) is 11.1 Å². The number of amides is 4. The number of carbonyl (C=O) groups is 4. The molecule has 0 saturated heterocycles. The molecule has 0 aromatic heterocycles. The number of hydrogen-bond acceptors (Lipinski definition) is 10. The van der Waals surface area contributed by atoms with Crippen LogP contribution in [0.3, 0.4) is 0 Å². The van der Waals surface area contributed by atoms with Gasteiger partial charge in [-0.25, -0.2) is 45.5 Å². The summed E-state index contributed by atoms with van der Waals surface area (Å²) in [6.07, 6.45) is 0. The van der Waals surface area contributed by atoms with Gasteiger partial charge in [-0.2, -0.15) is 0 Å². The third-order valence-corrected chi connectivity index (χ3v) is 10.2. The third-order valence-electron chi connectivity index (χ3n) is 7.57. The first kappa shape index (κ1) is 38.7. The average Bonchev–Trinajstić information content (AvgIpc) is 3.13. The number of sulfonamides is 2. The second-order valence-corrected chi connectivity index (χ2v) is 15.2. The molecule has 0 aliphatic heterocycles. The zero-order valence-corrected chi connectivity index (χ0v) is 30.5. The van der Waals surface area contributed by atoms with Gasteiger partial charge < -0.3 is 20.1 Å². The maximum absolute atomic E-state index is 12.6. The summed E-state index contributed by atoms with van der Waals surface area (Å²) in [6, 6.07) is 28.5. The first-order valence-electron chi connectivity index (χ1n) is 16.1.